The molecule has 0 aliphatic rings. The van der Waals surface area contributed by atoms with Crippen LogP contribution in [-0.2, 0) is 6.54 Å². The normalized spacial score (nSPS) is 10.7. The highest BCUT2D eigenvalue weighted by Gasteiger charge is 2.09. The largest absolute Gasteiger partial charge is 0.380 e. The number of hydrogen-bond donors (Lipinski definition) is 0. The van der Waals surface area contributed by atoms with E-state index in [9.17, 15) is 0 Å². The summed E-state index contributed by atoms with van der Waals surface area (Å²) < 4.78 is 4.08. The summed E-state index contributed by atoms with van der Waals surface area (Å²) in [4.78, 5) is 8.74. The topological polar surface area (TPSA) is 35.6 Å². The summed E-state index contributed by atoms with van der Waals surface area (Å²) >= 11 is 0. The van der Waals surface area contributed by atoms with Gasteiger partial charge in [-0.1, -0.05) is 30.3 Å². The molecule has 88 valence electrons. The smallest absolute Gasteiger partial charge is 0.225 e. The molecule has 0 spiro atoms. The first-order chi connectivity index (χ1) is 8.84. The summed E-state index contributed by atoms with van der Waals surface area (Å²) in [7, 11) is 1.98. The Bertz CT molecular complexity index is 642. The van der Waals surface area contributed by atoms with Crippen LogP contribution in [0.15, 0.2) is 55.1 Å². The molecule has 0 aliphatic heterocycles. The fourth-order valence-electron chi connectivity index (χ4n) is 2.00. The van der Waals surface area contributed by atoms with Gasteiger partial charge in [0.25, 0.3) is 0 Å². The van der Waals surface area contributed by atoms with E-state index in [4.69, 9.17) is 0 Å². The zero-order chi connectivity index (χ0) is 12.4. The average Bonchev–Trinajstić information content (AvgIpc) is 2.99. The molecule has 0 unspecified atom stereocenters. The van der Waals surface area contributed by atoms with Crippen molar-refractivity contribution in [2.45, 2.75) is 6.54 Å². The van der Waals surface area contributed by atoms with E-state index in [0.717, 1.165) is 18.2 Å². The van der Waals surface area contributed by atoms with Crippen LogP contribution in [-0.4, -0.2) is 27.0 Å². The number of benzene rings is 1. The lowest BCUT2D eigenvalue weighted by molar-refractivity contribution is 0.799. The minimum absolute atomic E-state index is 0.809. The Hall–Kier alpha value is -2.30. The number of nitrogens with zero attached hydrogens (tertiary/aromatic N) is 4. The van der Waals surface area contributed by atoms with Gasteiger partial charge in [-0.2, -0.15) is 0 Å². The maximum Gasteiger partial charge on any atom is 0.225 e. The van der Waals surface area contributed by atoms with Gasteiger partial charge < -0.3 is 9.05 Å². The number of imidazole rings is 2. The van der Waals surface area contributed by atoms with Crippen molar-refractivity contribution >= 4 is 7.98 Å². The van der Waals surface area contributed by atoms with Crippen molar-refractivity contribution in [2.24, 2.45) is 0 Å². The van der Waals surface area contributed by atoms with Gasteiger partial charge in [0, 0.05) is 31.3 Å². The molecule has 0 radical (unpaired) electrons. The SMILES string of the molecule is Bn1ccnc1-c1nccn1Cc1ccccc1. The molecule has 0 atom stereocenters. The predicted octanol–water partition coefficient (Wildman–Crippen LogP) is 1.19. The van der Waals surface area contributed by atoms with Crippen molar-refractivity contribution in [1.82, 2.24) is 19.0 Å². The van der Waals surface area contributed by atoms with Crippen molar-refractivity contribution in [2.75, 3.05) is 0 Å². The van der Waals surface area contributed by atoms with Gasteiger partial charge in [-0.3, -0.25) is 0 Å². The fourth-order valence-corrected chi connectivity index (χ4v) is 2.00. The lowest BCUT2D eigenvalue weighted by atomic mass is 10.2. The molecule has 0 amide bonds. The second kappa shape index (κ2) is 4.53. The first-order valence-corrected chi connectivity index (χ1v) is 5.87. The Kier molecular flexibility index (Phi) is 2.72. The molecule has 0 aliphatic carbocycles. The third kappa shape index (κ3) is 1.95. The molecule has 0 saturated carbocycles. The molecular weight excluding hydrogens is 223 g/mol. The van der Waals surface area contributed by atoms with Crippen LogP contribution in [0.5, 0.6) is 0 Å². The van der Waals surface area contributed by atoms with Crippen molar-refractivity contribution < 1.29 is 0 Å². The highest BCUT2D eigenvalue weighted by Crippen LogP contribution is 2.15. The van der Waals surface area contributed by atoms with Crippen LogP contribution in [0.1, 0.15) is 5.56 Å². The van der Waals surface area contributed by atoms with Crippen LogP contribution in [0.2, 0.25) is 0 Å². The number of hydrogen-bond acceptors (Lipinski definition) is 2. The van der Waals surface area contributed by atoms with Crippen molar-refractivity contribution in [3.05, 3.63) is 60.7 Å². The van der Waals surface area contributed by atoms with Gasteiger partial charge in [-0.25, -0.2) is 9.97 Å². The van der Waals surface area contributed by atoms with Gasteiger partial charge in [0.1, 0.15) is 0 Å². The minimum Gasteiger partial charge on any atom is -0.380 e. The van der Waals surface area contributed by atoms with Crippen LogP contribution < -0.4 is 0 Å². The molecule has 3 aromatic rings. The van der Waals surface area contributed by atoms with Crippen LogP contribution >= 0.6 is 0 Å². The number of aromatic nitrogens is 4. The monoisotopic (exact) mass is 236 g/mol. The molecule has 0 bridgehead atoms. The molecule has 3 rings (SSSR count). The Balaban J connectivity index is 1.96. The molecule has 0 saturated heterocycles. The summed E-state index contributed by atoms with van der Waals surface area (Å²) in [5.74, 6) is 1.78. The first-order valence-electron chi connectivity index (χ1n) is 5.87. The third-order valence-corrected chi connectivity index (χ3v) is 2.93. The molecular formula is C13H13BN4. The zero-order valence-corrected chi connectivity index (χ0v) is 10.2. The average molecular weight is 236 g/mol. The number of rotatable bonds is 3. The minimum atomic E-state index is 0.809. The van der Waals surface area contributed by atoms with Gasteiger partial charge in [0.15, 0.2) is 11.6 Å². The van der Waals surface area contributed by atoms with Crippen molar-refractivity contribution in [3.63, 3.8) is 0 Å². The summed E-state index contributed by atoms with van der Waals surface area (Å²) in [6, 6.07) is 10.3. The van der Waals surface area contributed by atoms with Gasteiger partial charge in [-0.15, -0.1) is 0 Å². The zero-order valence-electron chi connectivity index (χ0n) is 10.2. The van der Waals surface area contributed by atoms with Crippen molar-refractivity contribution in [3.8, 4) is 11.6 Å². The van der Waals surface area contributed by atoms with E-state index < -0.39 is 0 Å². The molecule has 18 heavy (non-hydrogen) atoms. The fraction of sp³-hybridized carbons (Fsp3) is 0.0769. The summed E-state index contributed by atoms with van der Waals surface area (Å²) in [5, 5.41) is 0. The van der Waals surface area contributed by atoms with Crippen LogP contribution in [0.4, 0.5) is 0 Å². The predicted molar refractivity (Wildman–Crippen MR) is 72.9 cm³/mol. The molecule has 0 fully saturated rings. The maximum atomic E-state index is 4.40. The Labute approximate surface area is 106 Å². The van der Waals surface area contributed by atoms with Crippen LogP contribution in [0, 0.1) is 0 Å². The van der Waals surface area contributed by atoms with E-state index >= 15 is 0 Å². The van der Waals surface area contributed by atoms with Crippen LogP contribution in [0.25, 0.3) is 11.6 Å². The quantitative estimate of drug-likeness (QED) is 0.640. The van der Waals surface area contributed by atoms with Gasteiger partial charge in [-0.05, 0) is 5.56 Å². The highest BCUT2D eigenvalue weighted by atomic mass is 15.1. The van der Waals surface area contributed by atoms with Crippen molar-refractivity contribution in [1.29, 1.82) is 0 Å². The molecule has 1 aromatic carbocycles. The van der Waals surface area contributed by atoms with E-state index in [1.807, 2.05) is 49.2 Å². The molecule has 5 heteroatoms. The third-order valence-electron chi connectivity index (χ3n) is 2.93. The van der Waals surface area contributed by atoms with Gasteiger partial charge >= 0.3 is 0 Å². The van der Waals surface area contributed by atoms with E-state index in [1.54, 1.807) is 6.20 Å². The molecule has 0 N–H and O–H groups in total. The Morgan fingerprint density at radius 1 is 0.944 bits per heavy atom. The second-order valence-electron chi connectivity index (χ2n) is 4.23. The standard InChI is InChI=1S/C13H13BN4/c14-18-9-7-16-13(18)12-15-6-8-17(12)10-11-4-2-1-3-5-11/h1-9H,10,14H2. The molecule has 2 aromatic heterocycles. The lowest BCUT2D eigenvalue weighted by Gasteiger charge is -2.07. The van der Waals surface area contributed by atoms with Crippen LogP contribution in [0.3, 0.4) is 0 Å². The van der Waals surface area contributed by atoms with E-state index in [0.29, 0.717) is 0 Å². The van der Waals surface area contributed by atoms with E-state index in [-0.39, 0.29) is 0 Å². The maximum absolute atomic E-state index is 4.40. The first kappa shape index (κ1) is 10.8. The van der Waals surface area contributed by atoms with E-state index in [1.165, 1.54) is 5.56 Å². The highest BCUT2D eigenvalue weighted by molar-refractivity contribution is 6.08. The van der Waals surface area contributed by atoms with Gasteiger partial charge in [0.2, 0.25) is 7.98 Å². The second-order valence-corrected chi connectivity index (χ2v) is 4.23. The molecule has 4 nitrogen and oxygen atoms in total. The lowest BCUT2D eigenvalue weighted by Crippen LogP contribution is -2.04. The van der Waals surface area contributed by atoms with Gasteiger partial charge in [0.05, 0.1) is 0 Å². The molecule has 2 heterocycles. The Morgan fingerprint density at radius 3 is 2.39 bits per heavy atom. The summed E-state index contributed by atoms with van der Waals surface area (Å²) in [6.45, 7) is 0.809. The summed E-state index contributed by atoms with van der Waals surface area (Å²) in [6.07, 6.45) is 7.51. The van der Waals surface area contributed by atoms with E-state index in [2.05, 4.69) is 26.7 Å². The Morgan fingerprint density at radius 2 is 1.67 bits per heavy atom. The summed E-state index contributed by atoms with van der Waals surface area (Å²) in [5.41, 5.74) is 1.26.